The van der Waals surface area contributed by atoms with E-state index < -0.39 is 0 Å². The number of phenols is 2. The highest BCUT2D eigenvalue weighted by Crippen LogP contribution is 2.25. The first kappa shape index (κ1) is 15.8. The molecule has 2 rings (SSSR count). The van der Waals surface area contributed by atoms with Crippen LogP contribution in [0.3, 0.4) is 0 Å². The molecule has 1 aliphatic heterocycles. The monoisotopic (exact) mass is 292 g/mol. The Kier molecular flexibility index (Phi) is 5.20. The van der Waals surface area contributed by atoms with Crippen molar-refractivity contribution in [1.82, 2.24) is 9.80 Å². The van der Waals surface area contributed by atoms with Gasteiger partial charge in [-0.15, -0.1) is 0 Å². The summed E-state index contributed by atoms with van der Waals surface area (Å²) in [6, 6.07) is 4.76. The second-order valence-electron chi connectivity index (χ2n) is 5.53. The van der Waals surface area contributed by atoms with Crippen molar-refractivity contribution in [1.29, 1.82) is 0 Å². The van der Waals surface area contributed by atoms with Gasteiger partial charge in [-0.05, 0) is 37.7 Å². The summed E-state index contributed by atoms with van der Waals surface area (Å²) in [5, 5.41) is 18.7. The molecule has 1 aromatic carbocycles. The van der Waals surface area contributed by atoms with Crippen molar-refractivity contribution in [2.24, 2.45) is 0 Å². The zero-order valence-corrected chi connectivity index (χ0v) is 12.7. The molecule has 0 spiro atoms. The summed E-state index contributed by atoms with van der Waals surface area (Å²) >= 11 is 0. The average Bonchev–Trinajstić information content (AvgIpc) is 2.91. The average molecular weight is 292 g/mol. The molecule has 0 saturated carbocycles. The highest BCUT2D eigenvalue weighted by Gasteiger charge is 2.27. The van der Waals surface area contributed by atoms with Gasteiger partial charge in [-0.25, -0.2) is 0 Å². The molecule has 1 saturated heterocycles. The summed E-state index contributed by atoms with van der Waals surface area (Å²) in [4.78, 5) is 16.8. The van der Waals surface area contributed by atoms with Crippen LogP contribution in [0.1, 0.15) is 30.6 Å². The van der Waals surface area contributed by atoms with Gasteiger partial charge in [-0.1, -0.05) is 13.8 Å². The van der Waals surface area contributed by atoms with Gasteiger partial charge < -0.3 is 10.2 Å². The van der Waals surface area contributed by atoms with Crippen LogP contribution < -0.4 is 0 Å². The maximum absolute atomic E-state index is 12.2. The normalized spacial score (nSPS) is 19.3. The molecule has 0 aromatic heterocycles. The fourth-order valence-electron chi connectivity index (χ4n) is 2.99. The largest absolute Gasteiger partial charge is 0.504 e. The molecule has 116 valence electrons. The standard InChI is InChI=1S/C16H24N2O3/c1-3-18(4-2)13-7-8-17(10-13)11-16(21)12-5-6-14(19)15(20)9-12/h5-6,9,13,19-20H,3-4,7-8,10-11H2,1-2H3. The summed E-state index contributed by atoms with van der Waals surface area (Å²) in [5.74, 6) is -0.469. The molecule has 1 atom stereocenters. The highest BCUT2D eigenvalue weighted by molar-refractivity contribution is 5.98. The minimum absolute atomic E-state index is 0.0227. The van der Waals surface area contributed by atoms with E-state index in [1.807, 2.05) is 0 Å². The van der Waals surface area contributed by atoms with Gasteiger partial charge >= 0.3 is 0 Å². The number of phenolic OH excluding ortho intramolecular Hbond substituents is 2. The van der Waals surface area contributed by atoms with Crippen molar-refractivity contribution in [2.45, 2.75) is 26.3 Å². The van der Waals surface area contributed by atoms with Crippen LogP contribution in [0.25, 0.3) is 0 Å². The number of Topliss-reactive ketones (excluding diaryl/α,β-unsaturated/α-hetero) is 1. The van der Waals surface area contributed by atoms with Crippen LogP contribution >= 0.6 is 0 Å². The maximum atomic E-state index is 12.2. The summed E-state index contributed by atoms with van der Waals surface area (Å²) < 4.78 is 0. The van der Waals surface area contributed by atoms with Gasteiger partial charge in [-0.3, -0.25) is 14.6 Å². The number of carbonyl (C=O) groups excluding carboxylic acids is 1. The molecule has 0 aliphatic carbocycles. The summed E-state index contributed by atoms with van der Waals surface area (Å²) in [6.45, 7) is 8.60. The minimum atomic E-state index is -0.247. The van der Waals surface area contributed by atoms with Crippen molar-refractivity contribution in [3.05, 3.63) is 23.8 Å². The van der Waals surface area contributed by atoms with Gasteiger partial charge in [0.05, 0.1) is 6.54 Å². The quantitative estimate of drug-likeness (QED) is 0.617. The van der Waals surface area contributed by atoms with Gasteiger partial charge in [0.25, 0.3) is 0 Å². The van der Waals surface area contributed by atoms with E-state index in [-0.39, 0.29) is 17.3 Å². The van der Waals surface area contributed by atoms with E-state index in [0.717, 1.165) is 32.6 Å². The van der Waals surface area contributed by atoms with E-state index in [0.29, 0.717) is 18.2 Å². The fourth-order valence-corrected chi connectivity index (χ4v) is 2.99. The van der Waals surface area contributed by atoms with Crippen LogP contribution in [0.2, 0.25) is 0 Å². The fraction of sp³-hybridized carbons (Fsp3) is 0.562. The van der Waals surface area contributed by atoms with Crippen LogP contribution in [0.15, 0.2) is 18.2 Å². The number of ketones is 1. The predicted octanol–water partition coefficient (Wildman–Crippen LogP) is 1.70. The second kappa shape index (κ2) is 6.91. The Labute approximate surface area is 125 Å². The number of hydrogen-bond acceptors (Lipinski definition) is 5. The van der Waals surface area contributed by atoms with E-state index >= 15 is 0 Å². The molecular weight excluding hydrogens is 268 g/mol. The van der Waals surface area contributed by atoms with Gasteiger partial charge in [0, 0.05) is 24.7 Å². The lowest BCUT2D eigenvalue weighted by atomic mass is 10.1. The first-order valence-corrected chi connectivity index (χ1v) is 7.56. The Hall–Kier alpha value is -1.59. The van der Waals surface area contributed by atoms with Gasteiger partial charge in [-0.2, -0.15) is 0 Å². The Morgan fingerprint density at radius 3 is 2.62 bits per heavy atom. The summed E-state index contributed by atoms with van der Waals surface area (Å²) in [7, 11) is 0. The lowest BCUT2D eigenvalue weighted by molar-refractivity contribution is 0.0939. The highest BCUT2D eigenvalue weighted by atomic mass is 16.3. The Morgan fingerprint density at radius 2 is 2.00 bits per heavy atom. The molecule has 1 fully saturated rings. The van der Waals surface area contributed by atoms with Crippen molar-refractivity contribution in [2.75, 3.05) is 32.7 Å². The zero-order chi connectivity index (χ0) is 15.4. The van der Waals surface area contributed by atoms with Crippen molar-refractivity contribution >= 4 is 5.78 Å². The van der Waals surface area contributed by atoms with E-state index in [1.54, 1.807) is 6.07 Å². The molecule has 2 N–H and O–H groups in total. The number of benzene rings is 1. The minimum Gasteiger partial charge on any atom is -0.504 e. The van der Waals surface area contributed by atoms with E-state index in [4.69, 9.17) is 0 Å². The summed E-state index contributed by atoms with van der Waals surface area (Å²) in [6.07, 6.45) is 1.09. The molecule has 5 heteroatoms. The molecule has 0 radical (unpaired) electrons. The SMILES string of the molecule is CCN(CC)C1CCN(CC(=O)c2ccc(O)c(O)c2)C1. The Morgan fingerprint density at radius 1 is 1.29 bits per heavy atom. The number of rotatable bonds is 6. The van der Waals surface area contributed by atoms with E-state index in [9.17, 15) is 15.0 Å². The van der Waals surface area contributed by atoms with Crippen molar-refractivity contribution in [3.63, 3.8) is 0 Å². The molecule has 1 aromatic rings. The van der Waals surface area contributed by atoms with E-state index in [2.05, 4.69) is 23.6 Å². The zero-order valence-electron chi connectivity index (χ0n) is 12.7. The molecule has 1 unspecified atom stereocenters. The van der Waals surface area contributed by atoms with Crippen LogP contribution in [-0.2, 0) is 0 Å². The number of likely N-dealkylation sites (N-methyl/N-ethyl adjacent to an activating group) is 1. The van der Waals surface area contributed by atoms with Crippen molar-refractivity contribution < 1.29 is 15.0 Å². The smallest absolute Gasteiger partial charge is 0.176 e. The van der Waals surface area contributed by atoms with Crippen LogP contribution in [0, 0.1) is 0 Å². The van der Waals surface area contributed by atoms with Crippen molar-refractivity contribution in [3.8, 4) is 11.5 Å². The molecule has 1 heterocycles. The second-order valence-corrected chi connectivity index (χ2v) is 5.53. The number of likely N-dealkylation sites (tertiary alicyclic amines) is 1. The Bertz CT molecular complexity index is 500. The lowest BCUT2D eigenvalue weighted by Gasteiger charge is -2.26. The number of aromatic hydroxyl groups is 2. The third-order valence-corrected chi connectivity index (χ3v) is 4.24. The first-order valence-electron chi connectivity index (χ1n) is 7.56. The topological polar surface area (TPSA) is 64.0 Å². The van der Waals surface area contributed by atoms with Gasteiger partial charge in [0.1, 0.15) is 0 Å². The number of nitrogens with zero attached hydrogens (tertiary/aromatic N) is 2. The molecular formula is C16H24N2O3. The van der Waals surface area contributed by atoms with Gasteiger partial charge in [0.2, 0.25) is 0 Å². The number of hydrogen-bond donors (Lipinski definition) is 2. The van der Waals surface area contributed by atoms with Crippen LogP contribution in [0.4, 0.5) is 0 Å². The molecule has 5 nitrogen and oxygen atoms in total. The summed E-state index contributed by atoms with van der Waals surface area (Å²) in [5.41, 5.74) is 0.441. The first-order chi connectivity index (χ1) is 10.0. The molecule has 0 bridgehead atoms. The third kappa shape index (κ3) is 3.74. The lowest BCUT2D eigenvalue weighted by Crippen LogP contribution is -2.38. The van der Waals surface area contributed by atoms with Gasteiger partial charge in [0.15, 0.2) is 17.3 Å². The Balaban J connectivity index is 1.93. The molecule has 21 heavy (non-hydrogen) atoms. The maximum Gasteiger partial charge on any atom is 0.176 e. The van der Waals surface area contributed by atoms with Crippen LogP contribution in [-0.4, -0.2) is 64.6 Å². The number of carbonyl (C=O) groups is 1. The van der Waals surface area contributed by atoms with E-state index in [1.165, 1.54) is 12.1 Å². The predicted molar refractivity (Wildman–Crippen MR) is 81.9 cm³/mol. The third-order valence-electron chi connectivity index (χ3n) is 4.24. The molecule has 1 aliphatic rings. The molecule has 0 amide bonds. The van der Waals surface area contributed by atoms with Crippen LogP contribution in [0.5, 0.6) is 11.5 Å².